The van der Waals surface area contributed by atoms with Crippen LogP contribution in [-0.2, 0) is 4.74 Å². The molecule has 1 aliphatic rings. The normalized spacial score (nSPS) is 18.1. The zero-order valence-electron chi connectivity index (χ0n) is 11.2. The first-order valence-corrected chi connectivity index (χ1v) is 6.76. The first-order valence-electron chi connectivity index (χ1n) is 6.38. The number of nitrogens with zero attached hydrogens (tertiary/aromatic N) is 2. The molecule has 20 heavy (non-hydrogen) atoms. The van der Waals surface area contributed by atoms with E-state index in [0.717, 1.165) is 6.42 Å². The summed E-state index contributed by atoms with van der Waals surface area (Å²) < 4.78 is 10.8. The van der Waals surface area contributed by atoms with E-state index in [9.17, 15) is 4.79 Å². The van der Waals surface area contributed by atoms with Gasteiger partial charge in [0.05, 0.1) is 25.4 Å². The van der Waals surface area contributed by atoms with Gasteiger partial charge in [-0.25, -0.2) is 4.98 Å². The zero-order chi connectivity index (χ0) is 14.5. The lowest BCUT2D eigenvalue weighted by Gasteiger charge is -2.16. The number of aliphatic hydroxyl groups excluding tert-OH is 1. The number of rotatable bonds is 5. The molecule has 1 atom stereocenters. The van der Waals surface area contributed by atoms with E-state index in [0.29, 0.717) is 29.7 Å². The van der Waals surface area contributed by atoms with Crippen molar-refractivity contribution in [3.8, 4) is 5.88 Å². The fourth-order valence-corrected chi connectivity index (χ4v) is 2.08. The minimum Gasteiger partial charge on any atom is -0.471 e. The fraction of sp³-hybridized carbons (Fsp3) is 0.538. The smallest absolute Gasteiger partial charge is 0.255 e. The molecule has 110 valence electrons. The third kappa shape index (κ3) is 3.59. The van der Waals surface area contributed by atoms with Crippen molar-refractivity contribution in [1.29, 1.82) is 0 Å². The van der Waals surface area contributed by atoms with Gasteiger partial charge in [-0.3, -0.25) is 4.79 Å². The Morgan fingerprint density at radius 3 is 3.10 bits per heavy atom. The fourth-order valence-electron chi connectivity index (χ4n) is 1.86. The molecule has 1 unspecified atom stereocenters. The molecule has 1 amide bonds. The van der Waals surface area contributed by atoms with Crippen LogP contribution in [-0.4, -0.2) is 60.4 Å². The summed E-state index contributed by atoms with van der Waals surface area (Å²) >= 11 is 6.09. The molecule has 1 fully saturated rings. The van der Waals surface area contributed by atoms with Crippen LogP contribution in [0.5, 0.6) is 5.88 Å². The number of halogens is 1. The standard InChI is InChI=1S/C13H17ClN2O4/c1-16(3-4-17)13(18)9-6-11(14)12(15-7-9)20-10-2-5-19-8-10/h6-7,10,17H,2-5,8H2,1H3. The summed E-state index contributed by atoms with van der Waals surface area (Å²) in [6, 6.07) is 1.52. The van der Waals surface area contributed by atoms with Crippen LogP contribution in [0.1, 0.15) is 16.8 Å². The minimum atomic E-state index is -0.246. The third-order valence-corrected chi connectivity index (χ3v) is 3.27. The molecule has 2 heterocycles. The Labute approximate surface area is 122 Å². The number of amides is 1. The van der Waals surface area contributed by atoms with Crippen molar-refractivity contribution in [2.24, 2.45) is 0 Å². The van der Waals surface area contributed by atoms with Crippen LogP contribution < -0.4 is 4.74 Å². The lowest BCUT2D eigenvalue weighted by atomic mass is 10.2. The number of aliphatic hydroxyl groups is 1. The second-order valence-electron chi connectivity index (χ2n) is 4.56. The van der Waals surface area contributed by atoms with Crippen LogP contribution in [0.25, 0.3) is 0 Å². The summed E-state index contributed by atoms with van der Waals surface area (Å²) in [5.41, 5.74) is 0.362. The van der Waals surface area contributed by atoms with Gasteiger partial charge in [0.1, 0.15) is 11.1 Å². The molecule has 1 aromatic heterocycles. The molecule has 1 aliphatic heterocycles. The van der Waals surface area contributed by atoms with Crippen LogP contribution in [0.2, 0.25) is 5.02 Å². The highest BCUT2D eigenvalue weighted by Gasteiger charge is 2.20. The van der Waals surface area contributed by atoms with Gasteiger partial charge in [0.2, 0.25) is 5.88 Å². The van der Waals surface area contributed by atoms with Crippen molar-refractivity contribution in [2.75, 3.05) is 33.4 Å². The average Bonchev–Trinajstić information content (AvgIpc) is 2.93. The minimum absolute atomic E-state index is 0.0429. The van der Waals surface area contributed by atoms with Crippen molar-refractivity contribution < 1.29 is 19.4 Å². The number of hydrogen-bond acceptors (Lipinski definition) is 5. The molecule has 0 saturated carbocycles. The van der Waals surface area contributed by atoms with Crippen LogP contribution in [0.3, 0.4) is 0 Å². The lowest BCUT2D eigenvalue weighted by Crippen LogP contribution is -2.29. The molecule has 0 bridgehead atoms. The number of carbonyl (C=O) groups excluding carboxylic acids is 1. The molecular formula is C13H17ClN2O4. The zero-order valence-corrected chi connectivity index (χ0v) is 12.0. The number of likely N-dealkylation sites (N-methyl/N-ethyl adjacent to an activating group) is 1. The summed E-state index contributed by atoms with van der Waals surface area (Å²) in [5, 5.41) is 9.11. The Morgan fingerprint density at radius 2 is 2.50 bits per heavy atom. The Hall–Kier alpha value is -1.37. The van der Waals surface area contributed by atoms with Crippen LogP contribution in [0, 0.1) is 0 Å². The van der Waals surface area contributed by atoms with Gasteiger partial charge >= 0.3 is 0 Å². The summed E-state index contributed by atoms with van der Waals surface area (Å²) in [7, 11) is 1.60. The quantitative estimate of drug-likeness (QED) is 0.877. The monoisotopic (exact) mass is 300 g/mol. The van der Waals surface area contributed by atoms with Gasteiger partial charge in [0.25, 0.3) is 5.91 Å². The summed E-state index contributed by atoms with van der Waals surface area (Å²) in [5.74, 6) is 0.0627. The Balaban J connectivity index is 2.06. The molecule has 6 nitrogen and oxygen atoms in total. The molecule has 0 aromatic carbocycles. The second kappa shape index (κ2) is 6.88. The molecule has 7 heteroatoms. The van der Waals surface area contributed by atoms with E-state index in [1.165, 1.54) is 17.2 Å². The van der Waals surface area contributed by atoms with Crippen molar-refractivity contribution in [1.82, 2.24) is 9.88 Å². The van der Waals surface area contributed by atoms with E-state index in [1.807, 2.05) is 0 Å². The first kappa shape index (κ1) is 15.0. The van der Waals surface area contributed by atoms with Crippen molar-refractivity contribution in [3.63, 3.8) is 0 Å². The summed E-state index contributed by atoms with van der Waals surface area (Å²) in [6.07, 6.45) is 2.18. The molecule has 1 saturated heterocycles. The number of carbonyl (C=O) groups is 1. The Morgan fingerprint density at radius 1 is 1.70 bits per heavy atom. The maximum absolute atomic E-state index is 12.0. The molecular weight excluding hydrogens is 284 g/mol. The SMILES string of the molecule is CN(CCO)C(=O)c1cnc(OC2CCOC2)c(Cl)c1. The topological polar surface area (TPSA) is 71.9 Å². The highest BCUT2D eigenvalue weighted by Crippen LogP contribution is 2.25. The van der Waals surface area contributed by atoms with Gasteiger partial charge in [0.15, 0.2) is 0 Å². The third-order valence-electron chi connectivity index (χ3n) is 3.00. The van der Waals surface area contributed by atoms with Gasteiger partial charge in [-0.2, -0.15) is 0 Å². The van der Waals surface area contributed by atoms with E-state index in [2.05, 4.69) is 4.98 Å². The van der Waals surface area contributed by atoms with Gasteiger partial charge in [-0.05, 0) is 6.07 Å². The first-order chi connectivity index (χ1) is 9.61. The molecule has 1 N–H and O–H groups in total. The van der Waals surface area contributed by atoms with Gasteiger partial charge in [0, 0.05) is 26.2 Å². The predicted molar refractivity (Wildman–Crippen MR) is 73.1 cm³/mol. The predicted octanol–water partition coefficient (Wildman–Crippen LogP) is 0.967. The number of pyridine rings is 1. The highest BCUT2D eigenvalue weighted by atomic mass is 35.5. The number of aromatic nitrogens is 1. The molecule has 0 aliphatic carbocycles. The summed E-state index contributed by atoms with van der Waals surface area (Å²) in [4.78, 5) is 17.5. The van der Waals surface area contributed by atoms with E-state index < -0.39 is 0 Å². The van der Waals surface area contributed by atoms with Crippen LogP contribution in [0.15, 0.2) is 12.3 Å². The molecule has 0 spiro atoms. The van der Waals surface area contributed by atoms with E-state index in [4.69, 9.17) is 26.2 Å². The van der Waals surface area contributed by atoms with Crippen molar-refractivity contribution >= 4 is 17.5 Å². The van der Waals surface area contributed by atoms with Crippen LogP contribution in [0.4, 0.5) is 0 Å². The number of ether oxygens (including phenoxy) is 2. The summed E-state index contributed by atoms with van der Waals surface area (Å²) in [6.45, 7) is 1.36. The van der Waals surface area contributed by atoms with E-state index >= 15 is 0 Å². The average molecular weight is 301 g/mol. The van der Waals surface area contributed by atoms with Crippen molar-refractivity contribution in [3.05, 3.63) is 22.8 Å². The van der Waals surface area contributed by atoms with Gasteiger partial charge in [-0.15, -0.1) is 0 Å². The molecule has 0 radical (unpaired) electrons. The highest BCUT2D eigenvalue weighted by molar-refractivity contribution is 6.32. The van der Waals surface area contributed by atoms with Crippen LogP contribution >= 0.6 is 11.6 Å². The van der Waals surface area contributed by atoms with Crippen molar-refractivity contribution in [2.45, 2.75) is 12.5 Å². The van der Waals surface area contributed by atoms with Gasteiger partial charge < -0.3 is 19.5 Å². The Kier molecular flexibility index (Phi) is 5.17. The number of hydrogen-bond donors (Lipinski definition) is 1. The van der Waals surface area contributed by atoms with E-state index in [1.54, 1.807) is 7.05 Å². The maximum atomic E-state index is 12.0. The second-order valence-corrected chi connectivity index (χ2v) is 4.97. The maximum Gasteiger partial charge on any atom is 0.255 e. The van der Waals surface area contributed by atoms with E-state index in [-0.39, 0.29) is 25.2 Å². The molecule has 2 rings (SSSR count). The lowest BCUT2D eigenvalue weighted by molar-refractivity contribution is 0.0766. The van der Waals surface area contributed by atoms with Gasteiger partial charge in [-0.1, -0.05) is 11.6 Å². The largest absolute Gasteiger partial charge is 0.471 e. The Bertz CT molecular complexity index is 477. The molecule has 1 aromatic rings.